The van der Waals surface area contributed by atoms with E-state index in [-0.39, 0.29) is 5.41 Å². The first kappa shape index (κ1) is 15.2. The van der Waals surface area contributed by atoms with E-state index in [1.807, 2.05) is 0 Å². The van der Waals surface area contributed by atoms with Gasteiger partial charge in [-0.1, -0.05) is 19.6 Å². The van der Waals surface area contributed by atoms with Crippen LogP contribution in [0.3, 0.4) is 0 Å². The fraction of sp³-hybridized carbons (Fsp3) is 0.667. The van der Waals surface area contributed by atoms with Crippen molar-refractivity contribution in [1.29, 1.82) is 0 Å². The number of ether oxygens (including phenoxy) is 1. The summed E-state index contributed by atoms with van der Waals surface area (Å²) in [6.07, 6.45) is 12.4. The minimum atomic E-state index is -0.0776. The van der Waals surface area contributed by atoms with Crippen LogP contribution in [0.2, 0.25) is 0 Å². The number of carbonyl (C=O) groups excluding carboxylic acids is 1. The smallest absolute Gasteiger partial charge is 0.164 e. The Morgan fingerprint density at radius 2 is 2.17 bits per heavy atom. The molecule has 0 aliphatic heterocycles. The predicted molar refractivity (Wildman–Crippen MR) is 91.7 cm³/mol. The van der Waals surface area contributed by atoms with Crippen LogP contribution in [-0.2, 0) is 9.53 Å². The molecule has 0 spiro atoms. The molecule has 0 aromatic rings. The summed E-state index contributed by atoms with van der Waals surface area (Å²) in [5, 5.41) is 0. The van der Waals surface area contributed by atoms with E-state index in [0.717, 1.165) is 49.4 Å². The summed E-state index contributed by atoms with van der Waals surface area (Å²) in [4.78, 5) is 12.8. The summed E-state index contributed by atoms with van der Waals surface area (Å²) in [5.74, 6) is 4.19. The van der Waals surface area contributed by atoms with Crippen molar-refractivity contribution in [2.24, 2.45) is 29.1 Å². The number of Topliss-reactive ketones (excluding diaryl/α,β-unsaturated/α-hetero) is 1. The number of allylic oxidation sites excluding steroid dienone is 5. The minimum absolute atomic E-state index is 0.0776. The minimum Gasteiger partial charge on any atom is -0.501 e. The molecule has 0 aromatic heterocycles. The van der Waals surface area contributed by atoms with Crippen LogP contribution in [0, 0.1) is 29.1 Å². The number of hydrogen-bond donors (Lipinski definition) is 0. The molecule has 0 amide bonds. The highest BCUT2D eigenvalue weighted by molar-refractivity contribution is 6.02. The van der Waals surface area contributed by atoms with E-state index >= 15 is 0 Å². The Kier molecular flexibility index (Phi) is 3.55. The first-order valence-electron chi connectivity index (χ1n) is 9.28. The zero-order chi connectivity index (χ0) is 16.2. The van der Waals surface area contributed by atoms with Crippen LogP contribution in [0.4, 0.5) is 0 Å². The third kappa shape index (κ3) is 2.03. The van der Waals surface area contributed by atoms with Crippen LogP contribution in [0.1, 0.15) is 51.9 Å². The Morgan fingerprint density at radius 1 is 1.35 bits per heavy atom. The fourth-order valence-corrected chi connectivity index (χ4v) is 6.24. The molecule has 2 unspecified atom stereocenters. The maximum Gasteiger partial charge on any atom is 0.164 e. The SMILES string of the molecule is C=C1CC2[C@@H]3CC=C4C=C(OC)CCC4[C@H]3CC[C@]2(CC)C1=O. The lowest BCUT2D eigenvalue weighted by molar-refractivity contribution is -0.130. The molecule has 0 aromatic carbocycles. The Morgan fingerprint density at radius 3 is 2.91 bits per heavy atom. The van der Waals surface area contributed by atoms with E-state index in [1.165, 1.54) is 18.4 Å². The molecule has 2 saturated carbocycles. The molecule has 0 N–H and O–H groups in total. The molecule has 4 aliphatic carbocycles. The van der Waals surface area contributed by atoms with E-state index < -0.39 is 0 Å². The third-order valence-electron chi connectivity index (χ3n) is 7.43. The summed E-state index contributed by atoms with van der Waals surface area (Å²) in [7, 11) is 1.78. The van der Waals surface area contributed by atoms with Crippen molar-refractivity contribution in [1.82, 2.24) is 0 Å². The first-order valence-corrected chi connectivity index (χ1v) is 9.28. The second kappa shape index (κ2) is 5.36. The van der Waals surface area contributed by atoms with E-state index in [1.54, 1.807) is 7.11 Å². The molecule has 4 rings (SSSR count). The lowest BCUT2D eigenvalue weighted by Crippen LogP contribution is -2.46. The molecule has 23 heavy (non-hydrogen) atoms. The predicted octanol–water partition coefficient (Wildman–Crippen LogP) is 4.82. The van der Waals surface area contributed by atoms with Crippen LogP contribution in [-0.4, -0.2) is 12.9 Å². The van der Waals surface area contributed by atoms with Gasteiger partial charge in [0.1, 0.15) is 0 Å². The van der Waals surface area contributed by atoms with Crippen molar-refractivity contribution in [3.05, 3.63) is 35.6 Å². The molecular weight excluding hydrogens is 284 g/mol. The van der Waals surface area contributed by atoms with Crippen LogP contribution in [0.15, 0.2) is 35.6 Å². The molecule has 0 bridgehead atoms. The highest BCUT2D eigenvalue weighted by atomic mass is 16.5. The molecule has 4 aliphatic rings. The van der Waals surface area contributed by atoms with Crippen molar-refractivity contribution in [3.63, 3.8) is 0 Å². The number of rotatable bonds is 2. The van der Waals surface area contributed by atoms with Gasteiger partial charge in [-0.2, -0.15) is 0 Å². The standard InChI is InChI=1S/C21H28O2/c1-4-21-10-9-17-16-8-6-15(23-3)12-14(16)5-7-18(17)19(21)11-13(2)20(21)22/h5,12,16-19H,2,4,6-11H2,1,3H3/t16?,17-,18-,19?,21+/m1/s1. The number of fused-ring (bicyclic) bond motifs is 5. The maximum absolute atomic E-state index is 12.8. The van der Waals surface area contributed by atoms with Gasteiger partial charge < -0.3 is 4.74 Å². The molecule has 2 heteroatoms. The van der Waals surface area contributed by atoms with E-state index in [9.17, 15) is 4.79 Å². The highest BCUT2D eigenvalue weighted by Gasteiger charge is 2.58. The second-order valence-corrected chi connectivity index (χ2v) is 8.02. The van der Waals surface area contributed by atoms with Gasteiger partial charge >= 0.3 is 0 Å². The Labute approximate surface area is 139 Å². The van der Waals surface area contributed by atoms with Gasteiger partial charge in [-0.25, -0.2) is 0 Å². The molecule has 2 nitrogen and oxygen atoms in total. The summed E-state index contributed by atoms with van der Waals surface area (Å²) in [6.45, 7) is 6.31. The average molecular weight is 312 g/mol. The molecular formula is C21H28O2. The zero-order valence-corrected chi connectivity index (χ0v) is 14.4. The van der Waals surface area contributed by atoms with E-state index in [2.05, 4.69) is 25.7 Å². The highest BCUT2D eigenvalue weighted by Crippen LogP contribution is 2.62. The summed E-state index contributed by atoms with van der Waals surface area (Å²) < 4.78 is 5.47. The third-order valence-corrected chi connectivity index (χ3v) is 7.43. The summed E-state index contributed by atoms with van der Waals surface area (Å²) in [5.41, 5.74) is 2.32. The number of ketones is 1. The van der Waals surface area contributed by atoms with Crippen molar-refractivity contribution in [3.8, 4) is 0 Å². The van der Waals surface area contributed by atoms with Gasteiger partial charge in [0.2, 0.25) is 0 Å². The fourth-order valence-electron chi connectivity index (χ4n) is 6.24. The largest absolute Gasteiger partial charge is 0.501 e. The van der Waals surface area contributed by atoms with Gasteiger partial charge in [-0.15, -0.1) is 0 Å². The maximum atomic E-state index is 12.8. The monoisotopic (exact) mass is 312 g/mol. The van der Waals surface area contributed by atoms with Gasteiger partial charge in [0.15, 0.2) is 5.78 Å². The Hall–Kier alpha value is -1.31. The van der Waals surface area contributed by atoms with Crippen LogP contribution in [0.25, 0.3) is 0 Å². The van der Waals surface area contributed by atoms with E-state index in [0.29, 0.717) is 23.5 Å². The quantitative estimate of drug-likeness (QED) is 0.683. The first-order chi connectivity index (χ1) is 11.1. The summed E-state index contributed by atoms with van der Waals surface area (Å²) in [6, 6.07) is 0. The number of hydrogen-bond acceptors (Lipinski definition) is 2. The van der Waals surface area contributed by atoms with Crippen LogP contribution in [0.5, 0.6) is 0 Å². The van der Waals surface area contributed by atoms with Gasteiger partial charge in [0.05, 0.1) is 12.9 Å². The van der Waals surface area contributed by atoms with Crippen molar-refractivity contribution in [2.75, 3.05) is 7.11 Å². The van der Waals surface area contributed by atoms with E-state index in [4.69, 9.17) is 4.74 Å². The van der Waals surface area contributed by atoms with Gasteiger partial charge in [-0.05, 0) is 79.4 Å². The number of carbonyl (C=O) groups is 1. The normalized spacial score (nSPS) is 42.3. The molecule has 2 fully saturated rings. The number of methoxy groups -OCH3 is 1. The zero-order valence-electron chi connectivity index (χ0n) is 14.4. The van der Waals surface area contributed by atoms with Crippen LogP contribution >= 0.6 is 0 Å². The van der Waals surface area contributed by atoms with Gasteiger partial charge in [-0.3, -0.25) is 4.79 Å². The molecule has 5 atom stereocenters. The Balaban J connectivity index is 1.68. The second-order valence-electron chi connectivity index (χ2n) is 8.02. The topological polar surface area (TPSA) is 26.3 Å². The van der Waals surface area contributed by atoms with Crippen LogP contribution < -0.4 is 0 Å². The van der Waals surface area contributed by atoms with Gasteiger partial charge in [0, 0.05) is 11.8 Å². The molecule has 0 heterocycles. The molecule has 0 radical (unpaired) electrons. The lowest BCUT2D eigenvalue weighted by atomic mass is 9.52. The molecule has 0 saturated heterocycles. The van der Waals surface area contributed by atoms with Gasteiger partial charge in [0.25, 0.3) is 0 Å². The van der Waals surface area contributed by atoms with Crippen molar-refractivity contribution < 1.29 is 9.53 Å². The summed E-state index contributed by atoms with van der Waals surface area (Å²) >= 11 is 0. The lowest BCUT2D eigenvalue weighted by Gasteiger charge is -2.51. The average Bonchev–Trinajstić information content (AvgIpc) is 2.85. The Bertz CT molecular complexity index is 611. The van der Waals surface area contributed by atoms with Crippen molar-refractivity contribution >= 4 is 5.78 Å². The molecule has 124 valence electrons. The van der Waals surface area contributed by atoms with Crippen molar-refractivity contribution in [2.45, 2.75) is 51.9 Å².